The molecule has 0 fully saturated rings. The molecular formula is C15H31NaO8S2. The van der Waals surface area contributed by atoms with Gasteiger partial charge in [-0.2, -0.15) is 8.42 Å². The first kappa shape index (κ1) is 31.2. The molecule has 0 saturated carbocycles. The van der Waals surface area contributed by atoms with Gasteiger partial charge in [-0.1, -0.05) is 70.8 Å². The van der Waals surface area contributed by atoms with E-state index in [0.29, 0.717) is 6.42 Å². The van der Waals surface area contributed by atoms with Crippen LogP contribution in [0.4, 0.5) is 0 Å². The van der Waals surface area contributed by atoms with Crippen molar-refractivity contribution in [1.29, 1.82) is 0 Å². The van der Waals surface area contributed by atoms with Gasteiger partial charge in [0.05, 0.1) is 13.2 Å². The van der Waals surface area contributed by atoms with E-state index >= 15 is 0 Å². The van der Waals surface area contributed by atoms with Crippen LogP contribution >= 0.6 is 0 Å². The van der Waals surface area contributed by atoms with Crippen LogP contribution in [-0.2, 0) is 29.2 Å². The number of unbranched alkanes of at least 4 members (excludes halogenated alkanes) is 9. The smallest absolute Gasteiger partial charge is 0.726 e. The molecule has 0 aliphatic rings. The summed E-state index contributed by atoms with van der Waals surface area (Å²) in [5, 5.41) is 0. The Bertz CT molecular complexity index is 506. The minimum absolute atomic E-state index is 0. The second-order valence-corrected chi connectivity index (χ2v) is 7.56. The van der Waals surface area contributed by atoms with E-state index in [9.17, 15) is 21.4 Å². The van der Waals surface area contributed by atoms with Gasteiger partial charge in [0.25, 0.3) is 0 Å². The van der Waals surface area contributed by atoms with Gasteiger partial charge < -0.3 is 4.55 Å². The zero-order valence-corrected chi connectivity index (χ0v) is 19.5. The molecule has 0 bridgehead atoms. The van der Waals surface area contributed by atoms with Gasteiger partial charge in [-0.15, -0.1) is 6.58 Å². The minimum atomic E-state index is -4.48. The van der Waals surface area contributed by atoms with Crippen molar-refractivity contribution < 1.29 is 63.9 Å². The molecule has 0 spiro atoms. The molecule has 0 amide bonds. The van der Waals surface area contributed by atoms with Crippen LogP contribution in [0.1, 0.15) is 71.1 Å². The van der Waals surface area contributed by atoms with E-state index in [-0.39, 0.29) is 42.8 Å². The number of hydrogen-bond acceptors (Lipinski definition) is 7. The maximum atomic E-state index is 10.1. The molecule has 0 unspecified atom stereocenters. The van der Waals surface area contributed by atoms with Gasteiger partial charge >= 0.3 is 40.0 Å². The van der Waals surface area contributed by atoms with E-state index in [1.807, 2.05) is 0 Å². The molecule has 0 aromatic rings. The Morgan fingerprint density at radius 3 is 1.62 bits per heavy atom. The topological polar surface area (TPSA) is 130 Å². The average Bonchev–Trinajstić information content (AvgIpc) is 2.49. The maximum absolute atomic E-state index is 10.1. The Morgan fingerprint density at radius 1 is 0.885 bits per heavy atom. The fourth-order valence-corrected chi connectivity index (χ4v) is 2.47. The summed E-state index contributed by atoms with van der Waals surface area (Å²) in [5.74, 6) is 0. The molecule has 1 N–H and O–H groups in total. The van der Waals surface area contributed by atoms with Crippen molar-refractivity contribution in [3.8, 4) is 0 Å². The van der Waals surface area contributed by atoms with Crippen molar-refractivity contribution in [2.24, 2.45) is 0 Å². The average molecular weight is 427 g/mol. The molecule has 0 aromatic carbocycles. The van der Waals surface area contributed by atoms with Crippen LogP contribution in [0.25, 0.3) is 0 Å². The van der Waals surface area contributed by atoms with Crippen molar-refractivity contribution >= 4 is 20.8 Å². The summed E-state index contributed by atoms with van der Waals surface area (Å²) in [7, 11) is -8.74. The molecule has 0 aromatic heterocycles. The molecule has 26 heavy (non-hydrogen) atoms. The van der Waals surface area contributed by atoms with E-state index in [2.05, 4.69) is 21.9 Å². The van der Waals surface area contributed by atoms with Gasteiger partial charge in [-0.3, -0.25) is 8.74 Å². The van der Waals surface area contributed by atoms with Crippen molar-refractivity contribution in [2.75, 3.05) is 13.2 Å². The molecular weight excluding hydrogens is 395 g/mol. The van der Waals surface area contributed by atoms with Crippen LogP contribution in [0.2, 0.25) is 0 Å². The number of rotatable bonds is 15. The Balaban J connectivity index is -0.000000498. The zero-order chi connectivity index (χ0) is 19.6. The van der Waals surface area contributed by atoms with Crippen LogP contribution in [0.3, 0.4) is 0 Å². The Morgan fingerprint density at radius 2 is 1.31 bits per heavy atom. The monoisotopic (exact) mass is 426 g/mol. The van der Waals surface area contributed by atoms with Crippen molar-refractivity contribution in [3.05, 3.63) is 12.7 Å². The summed E-state index contributed by atoms with van der Waals surface area (Å²) in [5.41, 5.74) is 0. The predicted molar refractivity (Wildman–Crippen MR) is 95.2 cm³/mol. The van der Waals surface area contributed by atoms with E-state index < -0.39 is 20.8 Å². The molecule has 0 aliphatic carbocycles. The summed E-state index contributed by atoms with van der Waals surface area (Å²) in [6.45, 7) is 5.21. The Kier molecular flexibility index (Phi) is 24.3. The maximum Gasteiger partial charge on any atom is 1.00 e. The SMILES string of the molecule is C=CCOS(=O)(=O)O.CCCCCCCCCCCCOS(=O)(=O)[O-].[Na+]. The van der Waals surface area contributed by atoms with Crippen molar-refractivity contribution in [3.63, 3.8) is 0 Å². The fraction of sp³-hybridized carbons (Fsp3) is 0.867. The standard InChI is InChI=1S/C12H26O4S.C3H6O4S.Na/c1-2-3-4-5-6-7-8-9-10-11-12-16-17(13,14)15;1-2-3-7-8(4,5)6;/h2-12H2,1H3,(H,13,14,15);2H,1,3H2,(H,4,5,6);/q;;+1/p-1. The third-order valence-corrected chi connectivity index (χ3v) is 3.95. The summed E-state index contributed by atoms with van der Waals surface area (Å²) in [6, 6.07) is 0. The number of hydrogen-bond donors (Lipinski definition) is 1. The van der Waals surface area contributed by atoms with Crippen LogP contribution in [0, 0.1) is 0 Å². The van der Waals surface area contributed by atoms with Crippen LogP contribution in [-0.4, -0.2) is 39.2 Å². The van der Waals surface area contributed by atoms with Crippen LogP contribution < -0.4 is 29.6 Å². The largest absolute Gasteiger partial charge is 1.00 e. The summed E-state index contributed by atoms with van der Waals surface area (Å²) in [6.07, 6.45) is 12.9. The van der Waals surface area contributed by atoms with Gasteiger partial charge in [0, 0.05) is 0 Å². The van der Waals surface area contributed by atoms with Crippen LogP contribution in [0.5, 0.6) is 0 Å². The molecule has 0 rings (SSSR count). The predicted octanol–water partition coefficient (Wildman–Crippen LogP) is 0.380. The first-order chi connectivity index (χ1) is 11.6. The van der Waals surface area contributed by atoms with Crippen molar-refractivity contribution in [1.82, 2.24) is 0 Å². The van der Waals surface area contributed by atoms with Gasteiger partial charge in [0.15, 0.2) is 0 Å². The van der Waals surface area contributed by atoms with E-state index in [1.54, 1.807) is 0 Å². The van der Waals surface area contributed by atoms with Gasteiger partial charge in [0.2, 0.25) is 10.4 Å². The molecule has 0 aliphatic heterocycles. The zero-order valence-electron chi connectivity index (χ0n) is 15.9. The molecule has 152 valence electrons. The van der Waals surface area contributed by atoms with Crippen molar-refractivity contribution in [2.45, 2.75) is 71.1 Å². The summed E-state index contributed by atoms with van der Waals surface area (Å²) < 4.78 is 65.4. The molecule has 11 heteroatoms. The van der Waals surface area contributed by atoms with E-state index in [0.717, 1.165) is 12.8 Å². The molecule has 8 nitrogen and oxygen atoms in total. The summed E-state index contributed by atoms with van der Waals surface area (Å²) >= 11 is 0. The Labute approximate surface area is 180 Å². The Hall–Kier alpha value is 0.480. The first-order valence-electron chi connectivity index (χ1n) is 8.45. The van der Waals surface area contributed by atoms with Crippen LogP contribution in [0.15, 0.2) is 12.7 Å². The summed E-state index contributed by atoms with van der Waals surface area (Å²) in [4.78, 5) is 0. The van der Waals surface area contributed by atoms with Gasteiger partial charge in [0.1, 0.15) is 0 Å². The molecule has 0 saturated heterocycles. The quantitative estimate of drug-likeness (QED) is 0.131. The fourth-order valence-electron chi connectivity index (χ4n) is 1.88. The molecule has 0 atom stereocenters. The minimum Gasteiger partial charge on any atom is -0.726 e. The van der Waals surface area contributed by atoms with E-state index in [4.69, 9.17) is 4.55 Å². The third-order valence-electron chi connectivity index (χ3n) is 3.06. The first-order valence-corrected chi connectivity index (χ1v) is 11.1. The second kappa shape index (κ2) is 20.2. The molecule has 0 radical (unpaired) electrons. The third kappa shape index (κ3) is 35.6. The second-order valence-electron chi connectivity index (χ2n) is 5.41. The van der Waals surface area contributed by atoms with Gasteiger partial charge in [-0.05, 0) is 6.42 Å². The van der Waals surface area contributed by atoms with Gasteiger partial charge in [-0.25, -0.2) is 12.6 Å². The normalized spacial score (nSPS) is 11.2. The molecule has 0 heterocycles. The van der Waals surface area contributed by atoms with E-state index in [1.165, 1.54) is 51.0 Å².